The van der Waals surface area contributed by atoms with Crippen LogP contribution in [0.3, 0.4) is 0 Å². The molecular formula is C25H43NO4. The van der Waals surface area contributed by atoms with Crippen molar-refractivity contribution in [3.63, 3.8) is 0 Å². The van der Waals surface area contributed by atoms with E-state index < -0.39 is 6.10 Å². The van der Waals surface area contributed by atoms with Gasteiger partial charge < -0.3 is 20.1 Å². The summed E-state index contributed by atoms with van der Waals surface area (Å²) >= 11 is 0. The van der Waals surface area contributed by atoms with E-state index >= 15 is 0 Å². The fraction of sp³-hybridized carbons (Fsp3) is 0.800. The van der Waals surface area contributed by atoms with Crippen LogP contribution in [0.15, 0.2) is 23.8 Å². The summed E-state index contributed by atoms with van der Waals surface area (Å²) < 4.78 is 4.82. The molecule has 172 valence electrons. The second kappa shape index (κ2) is 17.5. The highest BCUT2D eigenvalue weighted by Gasteiger charge is 2.18. The van der Waals surface area contributed by atoms with Gasteiger partial charge in [-0.25, -0.2) is 0 Å². The van der Waals surface area contributed by atoms with E-state index in [0.29, 0.717) is 18.6 Å². The van der Waals surface area contributed by atoms with E-state index in [4.69, 9.17) is 9.84 Å². The first-order chi connectivity index (χ1) is 14.6. The summed E-state index contributed by atoms with van der Waals surface area (Å²) in [7, 11) is 0. The van der Waals surface area contributed by atoms with Crippen molar-refractivity contribution in [3.05, 3.63) is 23.8 Å². The molecule has 0 aromatic rings. The Kier molecular flexibility index (Phi) is 15.6. The molecule has 1 rings (SSSR count). The zero-order valence-corrected chi connectivity index (χ0v) is 18.8. The van der Waals surface area contributed by atoms with Crippen LogP contribution in [-0.2, 0) is 4.74 Å². The molecule has 0 unspecified atom stereocenters. The third-order valence-corrected chi connectivity index (χ3v) is 6.25. The van der Waals surface area contributed by atoms with E-state index in [-0.39, 0.29) is 18.8 Å². The Bertz CT molecular complexity index is 520. The Morgan fingerprint density at radius 2 is 1.80 bits per heavy atom. The van der Waals surface area contributed by atoms with Crippen LogP contribution in [0.4, 0.5) is 0 Å². The quantitative estimate of drug-likeness (QED) is 0.133. The molecule has 0 aliphatic heterocycles. The second-order valence-corrected chi connectivity index (χ2v) is 8.78. The molecule has 0 saturated heterocycles. The number of allylic oxidation sites excluding steroid dienone is 3. The van der Waals surface area contributed by atoms with Gasteiger partial charge in [0.05, 0.1) is 30.5 Å². The number of hydrogen-bond acceptors (Lipinski definition) is 5. The second-order valence-electron chi connectivity index (χ2n) is 8.78. The number of aliphatic hydroxyl groups excluding tert-OH is 3. The van der Waals surface area contributed by atoms with Crippen LogP contribution in [0.5, 0.6) is 0 Å². The average molecular weight is 422 g/mol. The molecule has 1 saturated carbocycles. The van der Waals surface area contributed by atoms with Gasteiger partial charge in [-0.3, -0.25) is 0 Å². The number of nitriles is 1. The van der Waals surface area contributed by atoms with E-state index in [1.54, 1.807) is 6.08 Å². The lowest BCUT2D eigenvalue weighted by molar-refractivity contribution is -0.0153. The van der Waals surface area contributed by atoms with Crippen molar-refractivity contribution in [2.75, 3.05) is 13.4 Å². The molecule has 3 N–H and O–H groups in total. The van der Waals surface area contributed by atoms with Crippen molar-refractivity contribution in [2.24, 2.45) is 11.8 Å². The number of rotatable bonds is 17. The lowest BCUT2D eigenvalue weighted by Gasteiger charge is -2.18. The van der Waals surface area contributed by atoms with Crippen molar-refractivity contribution in [1.29, 1.82) is 5.26 Å². The topological polar surface area (TPSA) is 93.7 Å². The first kappa shape index (κ1) is 26.8. The largest absolute Gasteiger partial charge is 0.393 e. The van der Waals surface area contributed by atoms with E-state index in [2.05, 4.69) is 12.1 Å². The summed E-state index contributed by atoms with van der Waals surface area (Å²) in [6, 6.07) is 2.17. The van der Waals surface area contributed by atoms with Gasteiger partial charge in [0, 0.05) is 0 Å². The van der Waals surface area contributed by atoms with Crippen LogP contribution < -0.4 is 0 Å². The normalized spacial score (nSPS) is 18.6. The summed E-state index contributed by atoms with van der Waals surface area (Å²) in [5.74, 6) is 0.937. The average Bonchev–Trinajstić information content (AvgIpc) is 3.26. The minimum atomic E-state index is -0.706. The number of aliphatic hydroxyl groups is 3. The Morgan fingerprint density at radius 3 is 2.47 bits per heavy atom. The molecule has 0 radical (unpaired) electrons. The van der Waals surface area contributed by atoms with Crippen molar-refractivity contribution in [1.82, 2.24) is 0 Å². The van der Waals surface area contributed by atoms with Gasteiger partial charge in [0.25, 0.3) is 0 Å². The van der Waals surface area contributed by atoms with Crippen LogP contribution in [-0.4, -0.2) is 40.9 Å². The maximum atomic E-state index is 10.5. The van der Waals surface area contributed by atoms with Crippen molar-refractivity contribution < 1.29 is 20.1 Å². The summed E-state index contributed by atoms with van der Waals surface area (Å²) in [5, 5.41) is 38.2. The summed E-state index contributed by atoms with van der Waals surface area (Å²) in [6.07, 6.45) is 18.8. The third-order valence-electron chi connectivity index (χ3n) is 6.25. The van der Waals surface area contributed by atoms with Gasteiger partial charge in [-0.15, -0.1) is 0 Å². The molecule has 1 fully saturated rings. The molecule has 0 aromatic carbocycles. The molecule has 3 atom stereocenters. The maximum absolute atomic E-state index is 10.5. The number of ether oxygens (including phenoxy) is 1. The summed E-state index contributed by atoms with van der Waals surface area (Å²) in [5.41, 5.74) is 0.452. The van der Waals surface area contributed by atoms with E-state index in [1.165, 1.54) is 32.1 Å². The number of nitrogens with zero attached hydrogens (tertiary/aromatic N) is 1. The van der Waals surface area contributed by atoms with Crippen LogP contribution in [0, 0.1) is 23.2 Å². The molecule has 0 bridgehead atoms. The molecule has 5 nitrogen and oxygen atoms in total. The summed E-state index contributed by atoms with van der Waals surface area (Å²) in [4.78, 5) is 0. The van der Waals surface area contributed by atoms with Crippen LogP contribution >= 0.6 is 0 Å². The fourth-order valence-corrected chi connectivity index (χ4v) is 4.19. The van der Waals surface area contributed by atoms with Crippen molar-refractivity contribution >= 4 is 0 Å². The first-order valence-corrected chi connectivity index (χ1v) is 11.9. The van der Waals surface area contributed by atoms with Gasteiger partial charge in [0.2, 0.25) is 0 Å². The van der Waals surface area contributed by atoms with Gasteiger partial charge in [0.1, 0.15) is 6.79 Å². The van der Waals surface area contributed by atoms with Gasteiger partial charge in [-0.1, -0.05) is 70.4 Å². The number of hydrogen-bond donors (Lipinski definition) is 3. The Hall–Kier alpha value is -1.19. The molecule has 0 heterocycles. The van der Waals surface area contributed by atoms with Gasteiger partial charge in [0.15, 0.2) is 0 Å². The molecular weight excluding hydrogens is 378 g/mol. The molecule has 1 aliphatic rings. The highest BCUT2D eigenvalue weighted by Crippen LogP contribution is 2.28. The molecule has 5 heteroatoms. The van der Waals surface area contributed by atoms with Gasteiger partial charge in [-0.2, -0.15) is 5.26 Å². The molecule has 0 aromatic heterocycles. The van der Waals surface area contributed by atoms with Crippen LogP contribution in [0.1, 0.15) is 90.4 Å². The zero-order chi connectivity index (χ0) is 22.0. The third kappa shape index (κ3) is 12.5. The standard InChI is InChI=1S/C25H43NO4/c1-21(11-5-2-3-8-16-24(28)17-18-30-20-27)25(29)23(19-26)15-7-4-6-12-22-13-9-10-14-22/h4,7,15,21-22,24-25,27-29H,2-3,5-6,8-14,16-18,20H2,1H3/b7-4+,23-15-/t21-,24+,25+/m0/s1. The SMILES string of the molecule is C[C@@H](CCCCCC[C@@H](O)CCOCO)[C@@H](O)/C(C#N)=C\C=C\CCC1CCCC1. The fourth-order valence-electron chi connectivity index (χ4n) is 4.19. The molecule has 30 heavy (non-hydrogen) atoms. The minimum Gasteiger partial charge on any atom is -0.393 e. The maximum Gasteiger partial charge on any atom is 0.143 e. The van der Waals surface area contributed by atoms with Gasteiger partial charge in [-0.05, 0) is 50.0 Å². The Balaban J connectivity index is 2.16. The predicted molar refractivity (Wildman–Crippen MR) is 121 cm³/mol. The van der Waals surface area contributed by atoms with E-state index in [9.17, 15) is 15.5 Å². The predicted octanol–water partition coefficient (Wildman–Crippen LogP) is 5.02. The summed E-state index contributed by atoms with van der Waals surface area (Å²) in [6.45, 7) is 2.10. The zero-order valence-electron chi connectivity index (χ0n) is 18.8. The van der Waals surface area contributed by atoms with Crippen molar-refractivity contribution in [2.45, 2.75) is 103 Å². The van der Waals surface area contributed by atoms with Crippen LogP contribution in [0.25, 0.3) is 0 Å². The molecule has 0 spiro atoms. The van der Waals surface area contributed by atoms with E-state index in [0.717, 1.165) is 50.9 Å². The Labute approximate surface area is 183 Å². The van der Waals surface area contributed by atoms with Crippen molar-refractivity contribution in [3.8, 4) is 6.07 Å². The lowest BCUT2D eigenvalue weighted by atomic mass is 9.92. The monoisotopic (exact) mass is 421 g/mol. The number of unbranched alkanes of at least 4 members (excludes halogenated alkanes) is 3. The highest BCUT2D eigenvalue weighted by molar-refractivity contribution is 5.29. The Morgan fingerprint density at radius 1 is 1.10 bits per heavy atom. The van der Waals surface area contributed by atoms with Crippen LogP contribution in [0.2, 0.25) is 0 Å². The molecule has 0 amide bonds. The molecule has 1 aliphatic carbocycles. The smallest absolute Gasteiger partial charge is 0.143 e. The van der Waals surface area contributed by atoms with E-state index in [1.807, 2.05) is 13.0 Å². The minimum absolute atomic E-state index is 0.0593. The van der Waals surface area contributed by atoms with Gasteiger partial charge >= 0.3 is 0 Å². The first-order valence-electron chi connectivity index (χ1n) is 11.9. The lowest BCUT2D eigenvalue weighted by Crippen LogP contribution is -2.19. The highest BCUT2D eigenvalue weighted by atomic mass is 16.6.